The minimum atomic E-state index is -5.08. The number of nitrogens with zero attached hydrogens (tertiary/aromatic N) is 3. The van der Waals surface area contributed by atoms with Crippen LogP contribution in [0.4, 0.5) is 22.0 Å². The summed E-state index contributed by atoms with van der Waals surface area (Å²) in [5, 5.41) is 22.4. The number of hydrogen-bond donors (Lipinski definition) is 5. The topological polar surface area (TPSA) is 204 Å². The van der Waals surface area contributed by atoms with E-state index in [1.807, 2.05) is 55.7 Å². The molecule has 314 valence electrons. The van der Waals surface area contributed by atoms with Crippen molar-refractivity contribution in [3.05, 3.63) is 95.8 Å². The highest BCUT2D eigenvalue weighted by molar-refractivity contribution is 6.12. The fraction of sp³-hybridized carbons (Fsp3) is 0.385. The van der Waals surface area contributed by atoms with Gasteiger partial charge in [0.15, 0.2) is 0 Å². The Hall–Kier alpha value is -5.95. The lowest BCUT2D eigenvalue weighted by atomic mass is 9.82. The number of imide groups is 1. The van der Waals surface area contributed by atoms with Gasteiger partial charge in [-0.15, -0.1) is 0 Å². The number of carboxylic acids is 1. The van der Waals surface area contributed by atoms with Crippen LogP contribution in [0.1, 0.15) is 50.9 Å². The lowest BCUT2D eigenvalue weighted by Crippen LogP contribution is -2.48. The maximum atomic E-state index is 15.0. The van der Waals surface area contributed by atoms with Crippen molar-refractivity contribution in [1.29, 1.82) is 0 Å². The minimum absolute atomic E-state index is 0.00700. The largest absolute Gasteiger partial charge is 0.490 e. The summed E-state index contributed by atoms with van der Waals surface area (Å²) in [6, 6.07) is 12.6. The fourth-order valence-corrected chi connectivity index (χ4v) is 5.99. The third-order valence-electron chi connectivity index (χ3n) is 8.70. The summed E-state index contributed by atoms with van der Waals surface area (Å²) in [6.07, 6.45) is -1.14. The molecule has 1 aliphatic rings. The van der Waals surface area contributed by atoms with Crippen LogP contribution in [0.3, 0.4) is 0 Å². The van der Waals surface area contributed by atoms with Crippen LogP contribution in [-0.4, -0.2) is 105 Å². The van der Waals surface area contributed by atoms with E-state index in [9.17, 15) is 51.0 Å². The van der Waals surface area contributed by atoms with Crippen LogP contribution in [0.2, 0.25) is 0 Å². The molecule has 1 aromatic heterocycles. The molecule has 2 atom stereocenters. The molecule has 0 spiro atoms. The van der Waals surface area contributed by atoms with Gasteiger partial charge in [-0.1, -0.05) is 51.1 Å². The first-order valence-corrected chi connectivity index (χ1v) is 17.9. The number of aliphatic hydroxyl groups excluding tert-OH is 1. The summed E-state index contributed by atoms with van der Waals surface area (Å²) in [5.41, 5.74) is 7.55. The average Bonchev–Trinajstić information content (AvgIpc) is 3.70. The average molecular weight is 821 g/mol. The zero-order chi connectivity index (χ0) is 43.4. The van der Waals surface area contributed by atoms with Crippen LogP contribution in [0, 0.1) is 17.0 Å². The number of nitrogens with one attached hydrogen (secondary N) is 2. The van der Waals surface area contributed by atoms with Crippen molar-refractivity contribution >= 4 is 35.5 Å². The van der Waals surface area contributed by atoms with Gasteiger partial charge in [-0.05, 0) is 41.7 Å². The molecule has 0 saturated heterocycles. The summed E-state index contributed by atoms with van der Waals surface area (Å²) in [5.74, 6) is -6.45. The monoisotopic (exact) mass is 820 g/mol. The molecule has 19 heteroatoms. The molecule has 0 unspecified atom stereocenters. The van der Waals surface area contributed by atoms with Crippen LogP contribution < -0.4 is 16.4 Å². The van der Waals surface area contributed by atoms with Crippen molar-refractivity contribution in [1.82, 2.24) is 25.0 Å². The zero-order valence-corrected chi connectivity index (χ0v) is 31.9. The Kier molecular flexibility index (Phi) is 16.4. The Balaban J connectivity index is 0.00000117. The van der Waals surface area contributed by atoms with Gasteiger partial charge in [0.25, 0.3) is 11.8 Å². The summed E-state index contributed by atoms with van der Waals surface area (Å²) in [6.45, 7) is 5.28. The van der Waals surface area contributed by atoms with E-state index in [-0.39, 0.29) is 44.6 Å². The van der Waals surface area contributed by atoms with Gasteiger partial charge >= 0.3 is 12.1 Å². The molecule has 2 aromatic carbocycles. The number of nitrogens with two attached hydrogens (primary N) is 1. The van der Waals surface area contributed by atoms with Gasteiger partial charge in [-0.25, -0.2) is 13.6 Å². The Morgan fingerprint density at radius 3 is 2.10 bits per heavy atom. The molecule has 4 rings (SSSR count). The minimum Gasteiger partial charge on any atom is -0.475 e. The predicted octanol–water partition coefficient (Wildman–Crippen LogP) is 3.29. The number of carbonyl (C=O) groups is 6. The van der Waals surface area contributed by atoms with Gasteiger partial charge in [0, 0.05) is 74.3 Å². The number of halogens is 5. The van der Waals surface area contributed by atoms with E-state index >= 15 is 0 Å². The first-order valence-electron chi connectivity index (χ1n) is 17.9. The van der Waals surface area contributed by atoms with Crippen LogP contribution in [0.25, 0.3) is 11.1 Å². The van der Waals surface area contributed by atoms with Crippen molar-refractivity contribution < 1.29 is 60.9 Å². The smallest absolute Gasteiger partial charge is 0.475 e. The number of alkyl halides is 3. The fourth-order valence-electron chi connectivity index (χ4n) is 5.99. The summed E-state index contributed by atoms with van der Waals surface area (Å²) >= 11 is 0. The summed E-state index contributed by atoms with van der Waals surface area (Å²) < 4.78 is 62.8. The number of benzene rings is 2. The SMILES string of the molecule is CC(C)(C)[C@H](c1cc(-c2cc(F)ccc2F)cn1Cc1ccccc1)N(CC[C@H](N)C(=O)NCCC(=O)NCCN1C(=O)C=CC1=O)C(=O)CO.O=C(O)C(F)(F)F. The molecular weight excluding hydrogens is 775 g/mol. The van der Waals surface area contributed by atoms with Crippen molar-refractivity contribution in [3.8, 4) is 11.1 Å². The Labute approximate surface area is 330 Å². The number of carboxylic acid groups (broad SMARTS) is 1. The van der Waals surface area contributed by atoms with E-state index in [1.54, 1.807) is 12.3 Å². The Bertz CT molecular complexity index is 1960. The Morgan fingerprint density at radius 1 is 0.914 bits per heavy atom. The molecule has 2 heterocycles. The number of amides is 5. The molecule has 6 N–H and O–H groups in total. The Morgan fingerprint density at radius 2 is 1.53 bits per heavy atom. The third kappa shape index (κ3) is 13.3. The molecular formula is C39H45F5N6O8. The summed E-state index contributed by atoms with van der Waals surface area (Å²) in [4.78, 5) is 73.1. The highest BCUT2D eigenvalue weighted by atomic mass is 19.4. The normalized spacial score (nSPS) is 13.7. The molecule has 0 radical (unpaired) electrons. The lowest BCUT2D eigenvalue weighted by Gasteiger charge is -2.41. The van der Waals surface area contributed by atoms with E-state index in [0.717, 1.165) is 40.8 Å². The second-order valence-electron chi connectivity index (χ2n) is 14.2. The van der Waals surface area contributed by atoms with E-state index in [0.29, 0.717) is 17.8 Å². The van der Waals surface area contributed by atoms with Gasteiger partial charge in [0.05, 0.1) is 12.1 Å². The summed E-state index contributed by atoms with van der Waals surface area (Å²) in [7, 11) is 0. The van der Waals surface area contributed by atoms with Crippen molar-refractivity contribution in [2.24, 2.45) is 11.1 Å². The van der Waals surface area contributed by atoms with Gasteiger partial charge in [0.1, 0.15) is 18.2 Å². The first kappa shape index (κ1) is 46.4. The maximum absolute atomic E-state index is 15.0. The standard InChI is InChI=1S/C37H44F2N6O6.C2HF3O2/c1-37(2,3)35(30-19-25(27-20-26(38)9-10-28(27)39)22-43(30)21-24-7-5-4-6-8-24)45(34(50)23-46)17-14-29(40)36(51)42-15-13-31(47)41-16-18-44-32(48)11-12-33(44)49;3-2(4,5)1(6)7/h4-12,19-20,22,29,35,46H,13-18,21,23,40H2,1-3H3,(H,41,47)(H,42,51);(H,6,7)/t29-,35-;/m0./s1. The van der Waals surface area contributed by atoms with Crippen molar-refractivity contribution in [2.45, 2.75) is 58.4 Å². The van der Waals surface area contributed by atoms with Crippen LogP contribution in [0.5, 0.6) is 0 Å². The van der Waals surface area contributed by atoms with Crippen LogP contribution in [-0.2, 0) is 35.3 Å². The van der Waals surface area contributed by atoms with E-state index in [1.165, 1.54) is 4.90 Å². The maximum Gasteiger partial charge on any atom is 0.490 e. The number of rotatable bonds is 16. The van der Waals surface area contributed by atoms with E-state index in [2.05, 4.69) is 10.6 Å². The molecule has 0 fully saturated rings. The lowest BCUT2D eigenvalue weighted by molar-refractivity contribution is -0.192. The first-order chi connectivity index (χ1) is 27.1. The molecule has 5 amide bonds. The van der Waals surface area contributed by atoms with Crippen LogP contribution >= 0.6 is 0 Å². The molecule has 0 saturated carbocycles. The van der Waals surface area contributed by atoms with Gasteiger partial charge in [0.2, 0.25) is 17.7 Å². The molecule has 14 nitrogen and oxygen atoms in total. The second kappa shape index (κ2) is 20.5. The highest BCUT2D eigenvalue weighted by Gasteiger charge is 2.39. The third-order valence-corrected chi connectivity index (χ3v) is 8.70. The van der Waals surface area contributed by atoms with Gasteiger partial charge in [-0.3, -0.25) is 28.9 Å². The quantitative estimate of drug-likeness (QED) is 0.106. The number of hydrogen-bond acceptors (Lipinski definition) is 8. The zero-order valence-electron chi connectivity index (χ0n) is 31.9. The molecule has 0 aliphatic carbocycles. The van der Waals surface area contributed by atoms with Crippen molar-refractivity contribution in [2.75, 3.05) is 32.8 Å². The van der Waals surface area contributed by atoms with Crippen molar-refractivity contribution in [3.63, 3.8) is 0 Å². The number of aliphatic hydroxyl groups is 1. The number of aromatic nitrogens is 1. The number of aliphatic carboxylic acids is 1. The van der Waals surface area contributed by atoms with Crippen LogP contribution in [0.15, 0.2) is 72.9 Å². The van der Waals surface area contributed by atoms with E-state index in [4.69, 9.17) is 15.6 Å². The molecule has 58 heavy (non-hydrogen) atoms. The number of carbonyl (C=O) groups excluding carboxylic acids is 5. The molecule has 0 bridgehead atoms. The second-order valence-corrected chi connectivity index (χ2v) is 14.2. The molecule has 3 aromatic rings. The van der Waals surface area contributed by atoms with Gasteiger partial charge < -0.3 is 36.0 Å². The predicted molar refractivity (Wildman–Crippen MR) is 199 cm³/mol. The highest BCUT2D eigenvalue weighted by Crippen LogP contribution is 2.41. The van der Waals surface area contributed by atoms with Gasteiger partial charge in [-0.2, -0.15) is 13.2 Å². The molecule has 1 aliphatic heterocycles. The van der Waals surface area contributed by atoms with E-state index < -0.39 is 77.4 Å².